The van der Waals surface area contributed by atoms with E-state index in [0.29, 0.717) is 6.42 Å². The molecule has 2 N–H and O–H groups in total. The first-order valence-electron chi connectivity index (χ1n) is 7.77. The number of aryl methyl sites for hydroxylation is 1. The van der Waals surface area contributed by atoms with Gasteiger partial charge in [-0.1, -0.05) is 42.0 Å². The van der Waals surface area contributed by atoms with E-state index in [9.17, 15) is 14.7 Å². The van der Waals surface area contributed by atoms with Crippen LogP contribution in [-0.4, -0.2) is 23.5 Å². The van der Waals surface area contributed by atoms with Gasteiger partial charge in [0.2, 0.25) is 5.91 Å². The van der Waals surface area contributed by atoms with Crippen molar-refractivity contribution < 1.29 is 14.7 Å². The van der Waals surface area contributed by atoms with E-state index < -0.39 is 11.9 Å². The predicted molar refractivity (Wildman–Crippen MR) is 85.5 cm³/mol. The molecule has 0 saturated heterocycles. The van der Waals surface area contributed by atoms with Gasteiger partial charge in [0, 0.05) is 12.5 Å². The van der Waals surface area contributed by atoms with Gasteiger partial charge in [0.05, 0.1) is 5.92 Å². The van der Waals surface area contributed by atoms with Crippen LogP contribution in [-0.2, 0) is 16.0 Å². The number of allylic oxidation sites excluding steroid dienone is 2. The molecule has 2 rings (SSSR count). The monoisotopic (exact) mass is 301 g/mol. The third-order valence-corrected chi connectivity index (χ3v) is 4.08. The molecule has 2 atom stereocenters. The Bertz CT molecular complexity index is 565. The molecule has 4 heteroatoms. The van der Waals surface area contributed by atoms with Gasteiger partial charge in [0.15, 0.2) is 0 Å². The molecule has 22 heavy (non-hydrogen) atoms. The highest BCUT2D eigenvalue weighted by Crippen LogP contribution is 2.18. The van der Waals surface area contributed by atoms with Crippen LogP contribution in [0, 0.1) is 18.8 Å². The summed E-state index contributed by atoms with van der Waals surface area (Å²) in [6.07, 6.45) is 7.06. The van der Waals surface area contributed by atoms with Crippen molar-refractivity contribution in [2.45, 2.75) is 32.6 Å². The molecular formula is C18H23NO3. The highest BCUT2D eigenvalue weighted by Gasteiger charge is 2.22. The minimum atomic E-state index is -0.870. The van der Waals surface area contributed by atoms with Crippen molar-refractivity contribution in [3.05, 3.63) is 47.5 Å². The van der Waals surface area contributed by atoms with Crippen LogP contribution in [0.3, 0.4) is 0 Å². The maximum atomic E-state index is 12.1. The second-order valence-corrected chi connectivity index (χ2v) is 5.95. The summed E-state index contributed by atoms with van der Waals surface area (Å²) in [5.74, 6) is -1.51. The van der Waals surface area contributed by atoms with Gasteiger partial charge >= 0.3 is 5.97 Å². The number of nitrogens with one attached hydrogen (secondary N) is 1. The SMILES string of the molecule is Cc1cccc(C[C@H](CNC(=O)[C@H]2CC=CCC2)C(=O)O)c1. The Morgan fingerprint density at radius 3 is 2.82 bits per heavy atom. The highest BCUT2D eigenvalue weighted by atomic mass is 16.4. The number of aliphatic carboxylic acids is 1. The van der Waals surface area contributed by atoms with Crippen LogP contribution in [0.25, 0.3) is 0 Å². The van der Waals surface area contributed by atoms with Gasteiger partial charge in [0.1, 0.15) is 0 Å². The molecule has 0 aromatic heterocycles. The minimum Gasteiger partial charge on any atom is -0.481 e. The number of carbonyl (C=O) groups excluding carboxylic acids is 1. The summed E-state index contributed by atoms with van der Waals surface area (Å²) in [5, 5.41) is 12.2. The van der Waals surface area contributed by atoms with Crippen molar-refractivity contribution in [1.82, 2.24) is 5.32 Å². The lowest BCUT2D eigenvalue weighted by atomic mass is 9.93. The quantitative estimate of drug-likeness (QED) is 0.794. The number of hydrogen-bond donors (Lipinski definition) is 2. The Morgan fingerprint density at radius 2 is 2.18 bits per heavy atom. The Balaban J connectivity index is 1.90. The van der Waals surface area contributed by atoms with Crippen molar-refractivity contribution in [2.75, 3.05) is 6.54 Å². The van der Waals surface area contributed by atoms with E-state index in [4.69, 9.17) is 0 Å². The molecule has 0 saturated carbocycles. The van der Waals surface area contributed by atoms with Gasteiger partial charge in [-0.3, -0.25) is 9.59 Å². The zero-order valence-corrected chi connectivity index (χ0v) is 12.9. The summed E-state index contributed by atoms with van der Waals surface area (Å²) in [6, 6.07) is 7.83. The highest BCUT2D eigenvalue weighted by molar-refractivity contribution is 5.80. The molecular weight excluding hydrogens is 278 g/mol. The molecule has 1 amide bonds. The fourth-order valence-electron chi connectivity index (χ4n) is 2.77. The fourth-order valence-corrected chi connectivity index (χ4v) is 2.77. The third-order valence-electron chi connectivity index (χ3n) is 4.08. The summed E-state index contributed by atoms with van der Waals surface area (Å²) in [5.41, 5.74) is 2.10. The van der Waals surface area contributed by atoms with E-state index in [0.717, 1.165) is 30.4 Å². The minimum absolute atomic E-state index is 0.0154. The fraction of sp³-hybridized carbons (Fsp3) is 0.444. The average Bonchev–Trinajstić information content (AvgIpc) is 2.51. The van der Waals surface area contributed by atoms with Crippen LogP contribution in [0.15, 0.2) is 36.4 Å². The topological polar surface area (TPSA) is 66.4 Å². The summed E-state index contributed by atoms with van der Waals surface area (Å²) in [4.78, 5) is 23.5. The molecule has 4 nitrogen and oxygen atoms in total. The van der Waals surface area contributed by atoms with Crippen LogP contribution < -0.4 is 5.32 Å². The van der Waals surface area contributed by atoms with Crippen LogP contribution in [0.4, 0.5) is 0 Å². The number of carbonyl (C=O) groups is 2. The standard InChI is InChI=1S/C18H23NO3/c1-13-6-5-7-14(10-13)11-16(18(21)22)12-19-17(20)15-8-3-2-4-9-15/h2-3,5-7,10,15-16H,4,8-9,11-12H2,1H3,(H,19,20)(H,21,22)/t15-,16+/m0/s1. The van der Waals surface area contributed by atoms with Gasteiger partial charge in [-0.05, 0) is 38.2 Å². The molecule has 0 heterocycles. The maximum Gasteiger partial charge on any atom is 0.308 e. The van der Waals surface area contributed by atoms with E-state index in [1.807, 2.05) is 37.3 Å². The van der Waals surface area contributed by atoms with E-state index in [-0.39, 0.29) is 18.4 Å². The summed E-state index contributed by atoms with van der Waals surface area (Å²) < 4.78 is 0. The molecule has 0 spiro atoms. The first-order chi connectivity index (χ1) is 10.6. The molecule has 1 aliphatic rings. The molecule has 0 bridgehead atoms. The first kappa shape index (κ1) is 16.3. The number of carboxylic acids is 1. The van der Waals surface area contributed by atoms with Gasteiger partial charge < -0.3 is 10.4 Å². The molecule has 1 aromatic rings. The lowest BCUT2D eigenvalue weighted by Crippen LogP contribution is -2.37. The second kappa shape index (κ2) is 7.78. The first-order valence-corrected chi connectivity index (χ1v) is 7.77. The number of benzene rings is 1. The molecule has 118 valence electrons. The lowest BCUT2D eigenvalue weighted by molar-refractivity contribution is -0.141. The Hall–Kier alpha value is -2.10. The van der Waals surface area contributed by atoms with Crippen molar-refractivity contribution in [1.29, 1.82) is 0 Å². The second-order valence-electron chi connectivity index (χ2n) is 5.95. The van der Waals surface area contributed by atoms with E-state index in [1.165, 1.54) is 0 Å². The molecule has 0 fully saturated rings. The van der Waals surface area contributed by atoms with E-state index in [1.54, 1.807) is 0 Å². The average molecular weight is 301 g/mol. The number of rotatable bonds is 6. The van der Waals surface area contributed by atoms with Crippen molar-refractivity contribution >= 4 is 11.9 Å². The van der Waals surface area contributed by atoms with Crippen LogP contribution in [0.5, 0.6) is 0 Å². The van der Waals surface area contributed by atoms with Gasteiger partial charge in [-0.25, -0.2) is 0 Å². The normalized spacial score (nSPS) is 18.7. The number of hydrogen-bond acceptors (Lipinski definition) is 2. The zero-order valence-electron chi connectivity index (χ0n) is 12.9. The van der Waals surface area contributed by atoms with Gasteiger partial charge in [0.25, 0.3) is 0 Å². The van der Waals surface area contributed by atoms with E-state index >= 15 is 0 Å². The molecule has 0 radical (unpaired) electrons. The maximum absolute atomic E-state index is 12.1. The molecule has 1 aromatic carbocycles. The van der Waals surface area contributed by atoms with Crippen LogP contribution >= 0.6 is 0 Å². The summed E-state index contributed by atoms with van der Waals surface area (Å²) >= 11 is 0. The Labute approximate surface area is 131 Å². The smallest absolute Gasteiger partial charge is 0.308 e. The lowest BCUT2D eigenvalue weighted by Gasteiger charge is -2.19. The molecule has 0 aliphatic heterocycles. The van der Waals surface area contributed by atoms with Crippen molar-refractivity contribution in [2.24, 2.45) is 11.8 Å². The van der Waals surface area contributed by atoms with E-state index in [2.05, 4.69) is 11.4 Å². The Kier molecular flexibility index (Phi) is 5.75. The van der Waals surface area contributed by atoms with Crippen molar-refractivity contribution in [3.63, 3.8) is 0 Å². The van der Waals surface area contributed by atoms with Crippen molar-refractivity contribution in [3.8, 4) is 0 Å². The predicted octanol–water partition coefficient (Wildman–Crippen LogP) is 2.71. The van der Waals surface area contributed by atoms with Crippen LogP contribution in [0.2, 0.25) is 0 Å². The largest absolute Gasteiger partial charge is 0.481 e. The van der Waals surface area contributed by atoms with Gasteiger partial charge in [-0.2, -0.15) is 0 Å². The third kappa shape index (κ3) is 4.72. The number of carboxylic acid groups (broad SMARTS) is 1. The molecule has 0 unspecified atom stereocenters. The summed E-state index contributed by atoms with van der Waals surface area (Å²) in [7, 11) is 0. The van der Waals surface area contributed by atoms with Crippen LogP contribution in [0.1, 0.15) is 30.4 Å². The van der Waals surface area contributed by atoms with Gasteiger partial charge in [-0.15, -0.1) is 0 Å². The zero-order chi connectivity index (χ0) is 15.9. The summed E-state index contributed by atoms with van der Waals surface area (Å²) in [6.45, 7) is 2.17. The molecule has 1 aliphatic carbocycles. The number of amides is 1. The Morgan fingerprint density at radius 1 is 1.36 bits per heavy atom.